The Morgan fingerprint density at radius 2 is 2.42 bits per heavy atom. The fraction of sp³-hybridized carbons (Fsp3) is 0.444. The third-order valence-electron chi connectivity index (χ3n) is 1.56. The number of pyridine rings is 1. The van der Waals surface area contributed by atoms with E-state index < -0.39 is 6.10 Å². The highest BCUT2D eigenvalue weighted by Gasteiger charge is 2.07. The van der Waals surface area contributed by atoms with E-state index in [1.54, 1.807) is 25.4 Å². The molecule has 0 fully saturated rings. The number of nitrogens with zero attached hydrogens (tertiary/aromatic N) is 1. The van der Waals surface area contributed by atoms with Gasteiger partial charge in [-0.2, -0.15) is 0 Å². The van der Waals surface area contributed by atoms with Crippen LogP contribution in [0, 0.1) is 0 Å². The van der Waals surface area contributed by atoms with Crippen LogP contribution in [0.5, 0.6) is 5.75 Å². The molecule has 0 saturated carbocycles. The molecule has 1 rings (SSSR count). The molecular weight excluding hydrogens is 154 g/mol. The van der Waals surface area contributed by atoms with Gasteiger partial charge in [-0.05, 0) is 19.9 Å². The fourth-order valence-electron chi connectivity index (χ4n) is 0.995. The van der Waals surface area contributed by atoms with Crippen LogP contribution in [0.4, 0.5) is 0 Å². The lowest BCUT2D eigenvalue weighted by molar-refractivity contribution is 0.191. The van der Waals surface area contributed by atoms with Crippen LogP contribution in [0.15, 0.2) is 18.5 Å². The second kappa shape index (κ2) is 4.07. The predicted molar refractivity (Wildman–Crippen MR) is 46.0 cm³/mol. The van der Waals surface area contributed by atoms with Gasteiger partial charge in [0.2, 0.25) is 0 Å². The highest BCUT2D eigenvalue weighted by atomic mass is 16.5. The number of ether oxygens (including phenoxy) is 1. The second-order valence-electron chi connectivity index (χ2n) is 2.52. The minimum Gasteiger partial charge on any atom is -0.493 e. The van der Waals surface area contributed by atoms with E-state index >= 15 is 0 Å². The molecule has 0 bridgehead atoms. The van der Waals surface area contributed by atoms with Gasteiger partial charge in [-0.15, -0.1) is 0 Å². The molecule has 12 heavy (non-hydrogen) atoms. The van der Waals surface area contributed by atoms with Crippen LogP contribution in [0.2, 0.25) is 0 Å². The van der Waals surface area contributed by atoms with Crippen molar-refractivity contribution in [3.05, 3.63) is 24.0 Å². The minimum absolute atomic E-state index is 0.528. The van der Waals surface area contributed by atoms with Crippen molar-refractivity contribution in [3.63, 3.8) is 0 Å². The van der Waals surface area contributed by atoms with Crippen LogP contribution < -0.4 is 4.74 Å². The molecular formula is C9H13NO2. The summed E-state index contributed by atoms with van der Waals surface area (Å²) in [6, 6.07) is 1.76. The normalized spacial score (nSPS) is 12.6. The molecule has 0 aliphatic heterocycles. The zero-order chi connectivity index (χ0) is 8.97. The van der Waals surface area contributed by atoms with Gasteiger partial charge in [0.15, 0.2) is 0 Å². The summed E-state index contributed by atoms with van der Waals surface area (Å²) in [6.07, 6.45) is 2.74. The van der Waals surface area contributed by atoms with E-state index in [0.29, 0.717) is 12.4 Å². The van der Waals surface area contributed by atoms with E-state index in [0.717, 1.165) is 5.56 Å². The van der Waals surface area contributed by atoms with E-state index in [9.17, 15) is 5.11 Å². The molecule has 1 unspecified atom stereocenters. The summed E-state index contributed by atoms with van der Waals surface area (Å²) in [5.74, 6) is 0.711. The Morgan fingerprint density at radius 3 is 3.00 bits per heavy atom. The third-order valence-corrected chi connectivity index (χ3v) is 1.56. The first-order chi connectivity index (χ1) is 5.75. The summed E-state index contributed by atoms with van der Waals surface area (Å²) < 4.78 is 5.30. The van der Waals surface area contributed by atoms with Gasteiger partial charge in [-0.25, -0.2) is 0 Å². The molecule has 1 aromatic rings. The van der Waals surface area contributed by atoms with E-state index in [4.69, 9.17) is 4.74 Å². The first kappa shape index (κ1) is 9.00. The maximum Gasteiger partial charge on any atom is 0.128 e. The average molecular weight is 167 g/mol. The molecule has 0 radical (unpaired) electrons. The van der Waals surface area contributed by atoms with Gasteiger partial charge in [0.25, 0.3) is 0 Å². The monoisotopic (exact) mass is 167 g/mol. The highest BCUT2D eigenvalue weighted by Crippen LogP contribution is 2.22. The number of aliphatic hydroxyl groups is 1. The van der Waals surface area contributed by atoms with Crippen LogP contribution in [-0.4, -0.2) is 16.7 Å². The minimum atomic E-state index is -0.528. The zero-order valence-corrected chi connectivity index (χ0v) is 7.32. The van der Waals surface area contributed by atoms with Gasteiger partial charge in [-0.3, -0.25) is 4.98 Å². The lowest BCUT2D eigenvalue weighted by atomic mass is 10.2. The fourth-order valence-corrected chi connectivity index (χ4v) is 0.995. The first-order valence-corrected chi connectivity index (χ1v) is 4.00. The smallest absolute Gasteiger partial charge is 0.128 e. The van der Waals surface area contributed by atoms with Crippen molar-refractivity contribution in [1.82, 2.24) is 4.98 Å². The van der Waals surface area contributed by atoms with Crippen LogP contribution in [0.3, 0.4) is 0 Å². The maximum atomic E-state index is 9.31. The van der Waals surface area contributed by atoms with Gasteiger partial charge in [0, 0.05) is 18.0 Å². The first-order valence-electron chi connectivity index (χ1n) is 4.00. The van der Waals surface area contributed by atoms with Gasteiger partial charge in [-0.1, -0.05) is 0 Å². The largest absolute Gasteiger partial charge is 0.493 e. The van der Waals surface area contributed by atoms with E-state index in [2.05, 4.69) is 4.98 Å². The molecule has 3 heteroatoms. The molecule has 0 aliphatic carbocycles. The number of aliphatic hydroxyl groups excluding tert-OH is 1. The Balaban J connectivity index is 2.92. The van der Waals surface area contributed by atoms with Crippen molar-refractivity contribution in [2.24, 2.45) is 0 Å². The lowest BCUT2D eigenvalue weighted by Crippen LogP contribution is -1.99. The summed E-state index contributed by atoms with van der Waals surface area (Å²) in [6.45, 7) is 4.20. The number of aromatic nitrogens is 1. The molecule has 0 aliphatic rings. The summed E-state index contributed by atoms with van der Waals surface area (Å²) in [5.41, 5.74) is 0.736. The van der Waals surface area contributed by atoms with Crippen molar-refractivity contribution in [1.29, 1.82) is 0 Å². The Kier molecular flexibility index (Phi) is 3.05. The molecule has 1 aromatic heterocycles. The van der Waals surface area contributed by atoms with Crippen molar-refractivity contribution in [2.45, 2.75) is 20.0 Å². The van der Waals surface area contributed by atoms with Crippen LogP contribution in [0.1, 0.15) is 25.5 Å². The Hall–Kier alpha value is -1.09. The topological polar surface area (TPSA) is 42.4 Å². The standard InChI is InChI=1S/C9H13NO2/c1-3-12-9-4-5-10-6-8(9)7(2)11/h4-7,11H,3H2,1-2H3. The van der Waals surface area contributed by atoms with E-state index in [1.807, 2.05) is 6.92 Å². The summed E-state index contributed by atoms with van der Waals surface area (Å²) in [7, 11) is 0. The molecule has 66 valence electrons. The van der Waals surface area contributed by atoms with Crippen molar-refractivity contribution < 1.29 is 9.84 Å². The maximum absolute atomic E-state index is 9.31. The van der Waals surface area contributed by atoms with Crippen LogP contribution in [0.25, 0.3) is 0 Å². The molecule has 1 atom stereocenters. The lowest BCUT2D eigenvalue weighted by Gasteiger charge is -2.10. The number of hydrogen-bond donors (Lipinski definition) is 1. The second-order valence-corrected chi connectivity index (χ2v) is 2.52. The number of rotatable bonds is 3. The zero-order valence-electron chi connectivity index (χ0n) is 7.32. The molecule has 0 aromatic carbocycles. The number of hydrogen-bond acceptors (Lipinski definition) is 3. The summed E-state index contributed by atoms with van der Waals surface area (Å²) in [4.78, 5) is 3.91. The average Bonchev–Trinajstić information content (AvgIpc) is 2.05. The molecule has 1 N–H and O–H groups in total. The quantitative estimate of drug-likeness (QED) is 0.742. The molecule has 1 heterocycles. The highest BCUT2D eigenvalue weighted by molar-refractivity contribution is 5.31. The van der Waals surface area contributed by atoms with Gasteiger partial charge < -0.3 is 9.84 Å². The molecule has 0 spiro atoms. The SMILES string of the molecule is CCOc1ccncc1C(C)O. The Labute approximate surface area is 72.0 Å². The predicted octanol–water partition coefficient (Wildman–Crippen LogP) is 1.53. The summed E-state index contributed by atoms with van der Waals surface area (Å²) in [5, 5.41) is 9.31. The van der Waals surface area contributed by atoms with E-state index in [-0.39, 0.29) is 0 Å². The molecule has 0 amide bonds. The van der Waals surface area contributed by atoms with Crippen molar-refractivity contribution >= 4 is 0 Å². The van der Waals surface area contributed by atoms with Gasteiger partial charge in [0.05, 0.1) is 12.7 Å². The Bertz CT molecular complexity index is 248. The third kappa shape index (κ3) is 1.95. The van der Waals surface area contributed by atoms with E-state index in [1.165, 1.54) is 0 Å². The Morgan fingerprint density at radius 1 is 1.67 bits per heavy atom. The van der Waals surface area contributed by atoms with Crippen molar-refractivity contribution in [3.8, 4) is 5.75 Å². The van der Waals surface area contributed by atoms with Gasteiger partial charge in [0.1, 0.15) is 5.75 Å². The molecule has 3 nitrogen and oxygen atoms in total. The van der Waals surface area contributed by atoms with Crippen LogP contribution in [-0.2, 0) is 0 Å². The van der Waals surface area contributed by atoms with Crippen LogP contribution >= 0.6 is 0 Å². The summed E-state index contributed by atoms with van der Waals surface area (Å²) >= 11 is 0. The van der Waals surface area contributed by atoms with Gasteiger partial charge >= 0.3 is 0 Å². The van der Waals surface area contributed by atoms with Crippen molar-refractivity contribution in [2.75, 3.05) is 6.61 Å². The molecule has 0 saturated heterocycles.